The van der Waals surface area contributed by atoms with E-state index in [2.05, 4.69) is 52.1 Å². The zero-order valence-electron chi connectivity index (χ0n) is 16.0. The highest BCUT2D eigenvalue weighted by Crippen LogP contribution is 2.48. The second kappa shape index (κ2) is 6.16. The van der Waals surface area contributed by atoms with Gasteiger partial charge in [-0.05, 0) is 46.2 Å². The van der Waals surface area contributed by atoms with Crippen LogP contribution in [0.3, 0.4) is 0 Å². The minimum Gasteiger partial charge on any atom is -0.334 e. The number of allylic oxidation sites excluding steroid dienone is 2. The molecule has 0 N–H and O–H groups in total. The molecule has 3 nitrogen and oxygen atoms in total. The van der Waals surface area contributed by atoms with Crippen molar-refractivity contribution in [1.29, 1.82) is 0 Å². The lowest BCUT2D eigenvalue weighted by molar-refractivity contribution is -0.118. The van der Waals surface area contributed by atoms with Crippen LogP contribution >= 0.6 is 0 Å². The van der Waals surface area contributed by atoms with Crippen molar-refractivity contribution in [2.24, 2.45) is 11.8 Å². The summed E-state index contributed by atoms with van der Waals surface area (Å²) in [4.78, 5) is 18.1. The number of carbonyl (C=O) groups is 1. The molecule has 0 amide bonds. The van der Waals surface area contributed by atoms with Crippen molar-refractivity contribution < 1.29 is 4.79 Å². The van der Waals surface area contributed by atoms with Crippen LogP contribution in [0, 0.1) is 11.8 Å². The van der Waals surface area contributed by atoms with Gasteiger partial charge in [-0.3, -0.25) is 4.79 Å². The molecule has 3 aliphatic rings. The first-order valence-electron chi connectivity index (χ1n) is 10.6. The Labute approximate surface area is 165 Å². The second-order valence-electron chi connectivity index (χ2n) is 8.66. The number of nitrogens with zero attached hydrogens (tertiary/aromatic N) is 2. The van der Waals surface area contributed by atoms with Crippen LogP contribution in [0.25, 0.3) is 21.9 Å². The van der Waals surface area contributed by atoms with E-state index in [0.29, 0.717) is 5.78 Å². The van der Waals surface area contributed by atoms with Gasteiger partial charge in [0, 0.05) is 36.9 Å². The van der Waals surface area contributed by atoms with Crippen molar-refractivity contribution in [3.8, 4) is 0 Å². The first-order chi connectivity index (χ1) is 13.8. The summed E-state index contributed by atoms with van der Waals surface area (Å²) in [6.45, 7) is 0.768. The molecule has 2 aromatic carbocycles. The van der Waals surface area contributed by atoms with Gasteiger partial charge in [0.15, 0.2) is 5.78 Å². The van der Waals surface area contributed by atoms with E-state index in [1.807, 2.05) is 6.20 Å². The molecule has 1 saturated carbocycles. The zero-order chi connectivity index (χ0) is 18.7. The molecule has 1 atom stereocenters. The molecule has 1 aromatic heterocycles. The van der Waals surface area contributed by atoms with E-state index < -0.39 is 0 Å². The van der Waals surface area contributed by atoms with Crippen LogP contribution in [0.1, 0.15) is 49.1 Å². The first-order valence-corrected chi connectivity index (χ1v) is 10.6. The quantitative estimate of drug-likeness (QED) is 0.628. The maximum Gasteiger partial charge on any atom is 0.168 e. The highest BCUT2D eigenvalue weighted by atomic mass is 16.1. The zero-order valence-corrected chi connectivity index (χ0v) is 16.0. The summed E-state index contributed by atoms with van der Waals surface area (Å²) in [5.74, 6) is 2.33. The normalized spacial score (nSPS) is 21.3. The SMILES string of the molecule is O=C1C2=C(CC[C@@H]1Cn1ccnc1CC1CCC1)c1cccc3cccc2c13. The molecule has 0 saturated heterocycles. The van der Waals surface area contributed by atoms with E-state index >= 15 is 0 Å². The van der Waals surface area contributed by atoms with Crippen molar-refractivity contribution in [2.45, 2.75) is 45.1 Å². The van der Waals surface area contributed by atoms with Gasteiger partial charge in [-0.25, -0.2) is 4.98 Å². The Morgan fingerprint density at radius 3 is 2.64 bits per heavy atom. The van der Waals surface area contributed by atoms with Crippen molar-refractivity contribution in [3.05, 3.63) is 65.7 Å². The Morgan fingerprint density at radius 1 is 1.04 bits per heavy atom. The predicted molar refractivity (Wildman–Crippen MR) is 112 cm³/mol. The molecule has 28 heavy (non-hydrogen) atoms. The Hall–Kier alpha value is -2.68. The standard InChI is InChI=1S/C25H24N2O/c28-25-18(15-27-13-12-26-22(27)14-16-4-1-5-16)10-11-20-19-8-2-6-17-7-3-9-21(23(17)19)24(20)25/h2-3,6-9,12-13,16,18H,1,4-5,10-11,14-15H2/t18-/m1/s1. The van der Waals surface area contributed by atoms with Gasteiger partial charge >= 0.3 is 0 Å². The molecule has 6 rings (SSSR count). The molecule has 0 radical (unpaired) electrons. The number of Topliss-reactive ketones (excluding diaryl/α,β-unsaturated/α-hetero) is 1. The fourth-order valence-corrected chi connectivity index (χ4v) is 5.36. The lowest BCUT2D eigenvalue weighted by atomic mass is 9.81. The molecule has 3 aliphatic carbocycles. The van der Waals surface area contributed by atoms with Crippen LogP contribution in [-0.2, 0) is 17.8 Å². The largest absolute Gasteiger partial charge is 0.334 e. The van der Waals surface area contributed by atoms with Crippen molar-refractivity contribution in [1.82, 2.24) is 9.55 Å². The number of hydrogen-bond donors (Lipinski definition) is 0. The minimum absolute atomic E-state index is 0.0534. The number of benzene rings is 2. The number of aromatic nitrogens is 2. The number of ketones is 1. The number of rotatable bonds is 4. The number of imidazole rings is 1. The van der Waals surface area contributed by atoms with Gasteiger partial charge in [0.1, 0.15) is 5.82 Å². The Balaban J connectivity index is 1.32. The predicted octanol–water partition coefficient (Wildman–Crippen LogP) is 5.28. The number of fused-ring (bicyclic) bond motifs is 2. The summed E-state index contributed by atoms with van der Waals surface area (Å²) < 4.78 is 2.25. The molecule has 3 heteroatoms. The van der Waals surface area contributed by atoms with Gasteiger partial charge in [0.2, 0.25) is 0 Å². The summed E-state index contributed by atoms with van der Waals surface area (Å²) >= 11 is 0. The van der Waals surface area contributed by atoms with Gasteiger partial charge < -0.3 is 4.57 Å². The Bertz CT molecular complexity index is 1130. The first kappa shape index (κ1) is 16.3. The van der Waals surface area contributed by atoms with E-state index in [1.165, 1.54) is 41.2 Å². The van der Waals surface area contributed by atoms with Gasteiger partial charge in [-0.1, -0.05) is 55.7 Å². The van der Waals surface area contributed by atoms with Crippen LogP contribution in [0.4, 0.5) is 0 Å². The summed E-state index contributed by atoms with van der Waals surface area (Å²) in [7, 11) is 0. The second-order valence-corrected chi connectivity index (χ2v) is 8.66. The van der Waals surface area contributed by atoms with Crippen LogP contribution in [0.2, 0.25) is 0 Å². The van der Waals surface area contributed by atoms with Crippen molar-refractivity contribution in [2.75, 3.05) is 0 Å². The third-order valence-electron chi connectivity index (χ3n) is 7.08. The molecule has 0 unspecified atom stereocenters. The van der Waals surface area contributed by atoms with E-state index in [4.69, 9.17) is 0 Å². The maximum absolute atomic E-state index is 13.6. The molecular weight excluding hydrogens is 344 g/mol. The van der Waals surface area contributed by atoms with Gasteiger partial charge in [0.05, 0.1) is 0 Å². The molecule has 1 heterocycles. The Kier molecular flexibility index (Phi) is 3.59. The topological polar surface area (TPSA) is 34.9 Å². The van der Waals surface area contributed by atoms with Crippen LogP contribution < -0.4 is 0 Å². The van der Waals surface area contributed by atoms with E-state index in [9.17, 15) is 4.79 Å². The molecular formula is C25H24N2O. The lowest BCUT2D eigenvalue weighted by Gasteiger charge is -2.27. The summed E-state index contributed by atoms with van der Waals surface area (Å²) in [6, 6.07) is 12.8. The molecule has 0 aliphatic heterocycles. The fourth-order valence-electron chi connectivity index (χ4n) is 5.36. The average molecular weight is 368 g/mol. The minimum atomic E-state index is 0.0534. The van der Waals surface area contributed by atoms with E-state index in [-0.39, 0.29) is 5.92 Å². The Morgan fingerprint density at radius 2 is 1.86 bits per heavy atom. The van der Waals surface area contributed by atoms with Crippen LogP contribution in [0.5, 0.6) is 0 Å². The van der Waals surface area contributed by atoms with Crippen LogP contribution in [0.15, 0.2) is 48.8 Å². The molecule has 0 bridgehead atoms. The number of carbonyl (C=O) groups excluding carboxylic acids is 1. The van der Waals surface area contributed by atoms with Crippen molar-refractivity contribution >= 4 is 27.7 Å². The molecule has 3 aromatic rings. The van der Waals surface area contributed by atoms with E-state index in [1.54, 1.807) is 0 Å². The third kappa shape index (κ3) is 2.35. The third-order valence-corrected chi connectivity index (χ3v) is 7.08. The average Bonchev–Trinajstić information content (AvgIpc) is 3.25. The molecule has 1 fully saturated rings. The highest BCUT2D eigenvalue weighted by Gasteiger charge is 2.36. The van der Waals surface area contributed by atoms with Crippen LogP contribution in [-0.4, -0.2) is 15.3 Å². The van der Waals surface area contributed by atoms with Crippen molar-refractivity contribution in [3.63, 3.8) is 0 Å². The molecule has 0 spiro atoms. The highest BCUT2D eigenvalue weighted by molar-refractivity contribution is 6.36. The van der Waals surface area contributed by atoms with Gasteiger partial charge in [-0.2, -0.15) is 0 Å². The fraction of sp³-hybridized carbons (Fsp3) is 0.360. The lowest BCUT2D eigenvalue weighted by Crippen LogP contribution is -2.26. The summed E-state index contributed by atoms with van der Waals surface area (Å²) in [6.07, 6.45) is 11.0. The van der Waals surface area contributed by atoms with Gasteiger partial charge in [-0.15, -0.1) is 0 Å². The molecule has 140 valence electrons. The monoisotopic (exact) mass is 368 g/mol. The summed E-state index contributed by atoms with van der Waals surface area (Å²) in [5.41, 5.74) is 4.69. The maximum atomic E-state index is 13.6. The summed E-state index contributed by atoms with van der Waals surface area (Å²) in [5, 5.41) is 2.52. The van der Waals surface area contributed by atoms with E-state index in [0.717, 1.165) is 48.7 Å². The number of hydrogen-bond acceptors (Lipinski definition) is 2. The smallest absolute Gasteiger partial charge is 0.168 e. The van der Waals surface area contributed by atoms with Gasteiger partial charge in [0.25, 0.3) is 0 Å².